The zero-order chi connectivity index (χ0) is 31.2. The number of rotatable bonds is 10. The van der Waals surface area contributed by atoms with E-state index in [2.05, 4.69) is 16.0 Å². The van der Waals surface area contributed by atoms with Crippen LogP contribution in [0.1, 0.15) is 29.0 Å². The Morgan fingerprint density at radius 2 is 1.50 bits per heavy atom. The van der Waals surface area contributed by atoms with E-state index in [-0.39, 0.29) is 32.2 Å². The van der Waals surface area contributed by atoms with Crippen LogP contribution in [0.2, 0.25) is 0 Å². The first-order valence-electron chi connectivity index (χ1n) is 14.2. The van der Waals surface area contributed by atoms with Crippen molar-refractivity contribution in [3.63, 3.8) is 0 Å². The minimum atomic E-state index is -0.761. The van der Waals surface area contributed by atoms with Gasteiger partial charge >= 0.3 is 12.1 Å². The van der Waals surface area contributed by atoms with Gasteiger partial charge in [-0.15, -0.1) is 0 Å². The fourth-order valence-corrected chi connectivity index (χ4v) is 5.35. The van der Waals surface area contributed by atoms with Gasteiger partial charge in [0, 0.05) is 18.9 Å². The molecule has 0 saturated carbocycles. The normalized spacial score (nSPS) is 14.0. The van der Waals surface area contributed by atoms with Crippen LogP contribution in [0.25, 0.3) is 11.1 Å². The number of aryl methyl sites for hydroxylation is 1. The van der Waals surface area contributed by atoms with Gasteiger partial charge in [-0.2, -0.15) is 0 Å². The summed E-state index contributed by atoms with van der Waals surface area (Å²) in [7, 11) is 1.49. The summed E-state index contributed by atoms with van der Waals surface area (Å²) in [6.07, 6.45) is -0.694. The van der Waals surface area contributed by atoms with Crippen molar-refractivity contribution in [3.8, 4) is 16.9 Å². The van der Waals surface area contributed by atoms with Gasteiger partial charge in [0.2, 0.25) is 17.7 Å². The number of benzene rings is 3. The van der Waals surface area contributed by atoms with E-state index in [0.29, 0.717) is 11.4 Å². The summed E-state index contributed by atoms with van der Waals surface area (Å²) in [4.78, 5) is 64.9. The molecule has 1 fully saturated rings. The quantitative estimate of drug-likeness (QED) is 0.325. The molecule has 0 atom stereocenters. The molecule has 44 heavy (non-hydrogen) atoms. The first kappa shape index (κ1) is 30.1. The molecule has 6 amide bonds. The van der Waals surface area contributed by atoms with E-state index in [9.17, 15) is 24.0 Å². The molecular formula is C32H33N5O7. The summed E-state index contributed by atoms with van der Waals surface area (Å²) in [5, 5.41) is 7.25. The summed E-state index contributed by atoms with van der Waals surface area (Å²) >= 11 is 0. The summed E-state index contributed by atoms with van der Waals surface area (Å²) in [5.74, 6) is -1.30. The average Bonchev–Trinajstić information content (AvgIpc) is 3.35. The molecule has 1 saturated heterocycles. The minimum Gasteiger partial charge on any atom is -0.495 e. The molecule has 3 aromatic carbocycles. The van der Waals surface area contributed by atoms with Crippen LogP contribution < -0.4 is 25.6 Å². The second-order valence-corrected chi connectivity index (χ2v) is 10.4. The Morgan fingerprint density at radius 3 is 2.18 bits per heavy atom. The van der Waals surface area contributed by atoms with Crippen LogP contribution in [0.5, 0.6) is 5.75 Å². The Labute approximate surface area is 254 Å². The zero-order valence-electron chi connectivity index (χ0n) is 24.4. The van der Waals surface area contributed by atoms with Crippen LogP contribution in [0.15, 0.2) is 66.7 Å². The Hall–Kier alpha value is -5.39. The fourth-order valence-electron chi connectivity index (χ4n) is 5.35. The van der Waals surface area contributed by atoms with E-state index in [4.69, 9.17) is 9.47 Å². The predicted molar refractivity (Wildman–Crippen MR) is 161 cm³/mol. The monoisotopic (exact) mass is 599 g/mol. The van der Waals surface area contributed by atoms with Crippen molar-refractivity contribution in [2.45, 2.75) is 19.3 Å². The standard InChI is InChI=1S/C32H33N5O7/c1-20-11-12-27(43-2)26(15-20)36-14-13-30(40)37(32(36)42)19-35-29(39)16-33-28(38)17-34-31(41)44-18-25-23-9-5-3-7-21(23)22-8-4-6-10-24(22)25/h3-12,15,25H,13-14,16-19H2,1-2H3,(H,33,38)(H,34,41)(H,35,39). The van der Waals surface area contributed by atoms with Gasteiger partial charge in [0.25, 0.3) is 0 Å². The average molecular weight is 600 g/mol. The maximum Gasteiger partial charge on any atom is 0.407 e. The smallest absolute Gasteiger partial charge is 0.407 e. The molecule has 12 heteroatoms. The van der Waals surface area contributed by atoms with Crippen LogP contribution in [0.4, 0.5) is 15.3 Å². The number of alkyl carbamates (subject to hydrolysis) is 1. The third-order valence-corrected chi connectivity index (χ3v) is 7.55. The molecule has 1 heterocycles. The van der Waals surface area contributed by atoms with Crippen molar-refractivity contribution < 1.29 is 33.4 Å². The van der Waals surface area contributed by atoms with Gasteiger partial charge in [-0.05, 0) is 46.9 Å². The molecule has 3 N–H and O–H groups in total. The lowest BCUT2D eigenvalue weighted by atomic mass is 9.98. The number of fused-ring (bicyclic) bond motifs is 3. The zero-order valence-corrected chi connectivity index (χ0v) is 24.4. The molecule has 0 unspecified atom stereocenters. The van der Waals surface area contributed by atoms with Crippen molar-refractivity contribution >= 4 is 35.5 Å². The van der Waals surface area contributed by atoms with Gasteiger partial charge in [0.15, 0.2) is 0 Å². The molecule has 0 aromatic heterocycles. The second kappa shape index (κ2) is 13.3. The van der Waals surface area contributed by atoms with Gasteiger partial charge in [-0.25, -0.2) is 14.5 Å². The lowest BCUT2D eigenvalue weighted by Gasteiger charge is -2.34. The van der Waals surface area contributed by atoms with Gasteiger partial charge in [0.1, 0.15) is 25.6 Å². The van der Waals surface area contributed by atoms with Crippen molar-refractivity contribution in [2.75, 3.05) is 44.9 Å². The molecule has 0 spiro atoms. The Morgan fingerprint density at radius 1 is 0.864 bits per heavy atom. The Bertz CT molecular complexity index is 1560. The molecule has 0 bridgehead atoms. The van der Waals surface area contributed by atoms with E-state index >= 15 is 0 Å². The van der Waals surface area contributed by atoms with Gasteiger partial charge in [-0.3, -0.25) is 19.3 Å². The SMILES string of the molecule is COc1ccc(C)cc1N1CCC(=O)N(CNC(=O)CNC(=O)CNC(=O)OCC2c3ccccc3-c3ccccc32)C1=O. The molecule has 5 rings (SSSR count). The molecule has 3 aromatic rings. The van der Waals surface area contributed by atoms with Crippen molar-refractivity contribution in [1.82, 2.24) is 20.9 Å². The van der Waals surface area contributed by atoms with Crippen LogP contribution in [-0.4, -0.2) is 74.8 Å². The third-order valence-electron chi connectivity index (χ3n) is 7.55. The number of hydrogen-bond donors (Lipinski definition) is 3. The number of anilines is 1. The van der Waals surface area contributed by atoms with E-state index < -0.39 is 42.9 Å². The fraction of sp³-hybridized carbons (Fsp3) is 0.281. The third kappa shape index (κ3) is 6.48. The summed E-state index contributed by atoms with van der Waals surface area (Å²) in [5.41, 5.74) is 5.79. The summed E-state index contributed by atoms with van der Waals surface area (Å²) in [6, 6.07) is 20.7. The predicted octanol–water partition coefficient (Wildman–Crippen LogP) is 2.89. The van der Waals surface area contributed by atoms with Crippen molar-refractivity contribution in [3.05, 3.63) is 83.4 Å². The first-order valence-corrected chi connectivity index (χ1v) is 14.2. The number of nitrogens with one attached hydrogen (secondary N) is 3. The molecule has 0 radical (unpaired) electrons. The lowest BCUT2D eigenvalue weighted by molar-refractivity contribution is -0.130. The van der Waals surface area contributed by atoms with Gasteiger partial charge in [0.05, 0.1) is 19.3 Å². The highest BCUT2D eigenvalue weighted by Crippen LogP contribution is 2.44. The molecule has 12 nitrogen and oxygen atoms in total. The summed E-state index contributed by atoms with van der Waals surface area (Å²) in [6.45, 7) is 0.967. The second-order valence-electron chi connectivity index (χ2n) is 10.4. The number of amides is 6. The lowest BCUT2D eigenvalue weighted by Crippen LogP contribution is -2.56. The number of methoxy groups -OCH3 is 1. The summed E-state index contributed by atoms with van der Waals surface area (Å²) < 4.78 is 10.8. The number of imide groups is 1. The molecule has 1 aliphatic heterocycles. The molecule has 1 aliphatic carbocycles. The maximum atomic E-state index is 13.1. The van der Waals surface area contributed by atoms with Crippen LogP contribution in [0.3, 0.4) is 0 Å². The van der Waals surface area contributed by atoms with E-state index in [1.807, 2.05) is 61.5 Å². The Kier molecular flexibility index (Phi) is 9.08. The highest BCUT2D eigenvalue weighted by atomic mass is 16.5. The topological polar surface area (TPSA) is 146 Å². The molecular weight excluding hydrogens is 566 g/mol. The highest BCUT2D eigenvalue weighted by Gasteiger charge is 2.34. The van der Waals surface area contributed by atoms with E-state index in [1.54, 1.807) is 12.1 Å². The van der Waals surface area contributed by atoms with Crippen molar-refractivity contribution in [2.24, 2.45) is 0 Å². The number of carbonyl (C=O) groups is 5. The number of nitrogens with zero attached hydrogens (tertiary/aromatic N) is 2. The maximum absolute atomic E-state index is 13.1. The van der Waals surface area contributed by atoms with E-state index in [1.165, 1.54) is 12.0 Å². The first-order chi connectivity index (χ1) is 21.3. The minimum absolute atomic E-state index is 0.0664. The molecule has 2 aliphatic rings. The van der Waals surface area contributed by atoms with Crippen LogP contribution >= 0.6 is 0 Å². The highest BCUT2D eigenvalue weighted by molar-refractivity contribution is 6.06. The van der Waals surface area contributed by atoms with Crippen LogP contribution in [-0.2, 0) is 19.1 Å². The number of hydrogen-bond acceptors (Lipinski definition) is 7. The number of urea groups is 1. The van der Waals surface area contributed by atoms with Crippen molar-refractivity contribution in [1.29, 1.82) is 0 Å². The molecule has 228 valence electrons. The van der Waals surface area contributed by atoms with E-state index in [0.717, 1.165) is 32.7 Å². The number of carbonyl (C=O) groups excluding carboxylic acids is 5. The Balaban J connectivity index is 1.05. The van der Waals surface area contributed by atoms with Gasteiger partial charge in [-0.1, -0.05) is 54.6 Å². The van der Waals surface area contributed by atoms with Gasteiger partial charge < -0.3 is 25.4 Å². The van der Waals surface area contributed by atoms with Crippen LogP contribution in [0, 0.1) is 6.92 Å². The largest absolute Gasteiger partial charge is 0.495 e. The number of ether oxygens (including phenoxy) is 2.